The quantitative estimate of drug-likeness (QED) is 0.564. The van der Waals surface area contributed by atoms with E-state index in [9.17, 15) is 4.79 Å². The van der Waals surface area contributed by atoms with Crippen LogP contribution in [0.25, 0.3) is 5.57 Å². The van der Waals surface area contributed by atoms with Crippen molar-refractivity contribution in [3.05, 3.63) is 71.3 Å². The van der Waals surface area contributed by atoms with Crippen LogP contribution in [0.15, 0.2) is 65.0 Å². The number of benzene rings is 1. The van der Waals surface area contributed by atoms with E-state index in [-0.39, 0.29) is 5.91 Å². The van der Waals surface area contributed by atoms with Crippen LogP contribution in [-0.2, 0) is 4.79 Å². The van der Waals surface area contributed by atoms with E-state index >= 15 is 0 Å². The number of nitrogens with zero attached hydrogens (tertiary/aromatic N) is 3. The van der Waals surface area contributed by atoms with E-state index in [1.807, 2.05) is 56.3 Å². The maximum atomic E-state index is 13.0. The highest BCUT2D eigenvalue weighted by Gasteiger charge is 2.34. The van der Waals surface area contributed by atoms with Gasteiger partial charge in [-0.25, -0.2) is 9.98 Å². The van der Waals surface area contributed by atoms with Gasteiger partial charge < -0.3 is 4.74 Å². The molecule has 27 heavy (non-hydrogen) atoms. The molecule has 1 aromatic heterocycles. The normalized spacial score (nSPS) is 17.4. The number of amides is 1. The lowest BCUT2D eigenvalue weighted by molar-refractivity contribution is -0.121. The fourth-order valence-electron chi connectivity index (χ4n) is 2.69. The number of rotatable bonds is 5. The van der Waals surface area contributed by atoms with Crippen molar-refractivity contribution in [2.24, 2.45) is 4.99 Å². The van der Waals surface area contributed by atoms with Crippen LogP contribution in [0.1, 0.15) is 18.2 Å². The van der Waals surface area contributed by atoms with Crippen molar-refractivity contribution in [2.75, 3.05) is 13.7 Å². The SMILES string of the molecule is C=CCN1C(=O)/C(=C(\C)c2cccc(OC)c2)S/C1=N/c1cccc(C)n1. The number of allylic oxidation sites excluding steroid dienone is 1. The average molecular weight is 379 g/mol. The number of pyridine rings is 1. The Hall–Kier alpha value is -2.86. The molecule has 1 aliphatic heterocycles. The highest BCUT2D eigenvalue weighted by atomic mass is 32.2. The second-order valence-electron chi connectivity index (χ2n) is 6.02. The first-order valence-corrected chi connectivity index (χ1v) is 9.33. The van der Waals surface area contributed by atoms with E-state index in [2.05, 4.69) is 16.6 Å². The van der Waals surface area contributed by atoms with Crippen molar-refractivity contribution < 1.29 is 9.53 Å². The molecular formula is C21H21N3O2S. The Morgan fingerprint density at radius 3 is 2.81 bits per heavy atom. The lowest BCUT2D eigenvalue weighted by atomic mass is 10.1. The van der Waals surface area contributed by atoms with Gasteiger partial charge in [0.1, 0.15) is 5.75 Å². The summed E-state index contributed by atoms with van der Waals surface area (Å²) in [6, 6.07) is 13.3. The number of ether oxygens (including phenoxy) is 1. The topological polar surface area (TPSA) is 54.8 Å². The molecule has 138 valence electrons. The van der Waals surface area contributed by atoms with Crippen molar-refractivity contribution in [1.82, 2.24) is 9.88 Å². The molecule has 0 unspecified atom stereocenters. The third kappa shape index (κ3) is 4.11. The summed E-state index contributed by atoms with van der Waals surface area (Å²) in [4.78, 5) is 24.3. The molecule has 1 saturated heterocycles. The van der Waals surface area contributed by atoms with Gasteiger partial charge in [0, 0.05) is 12.2 Å². The summed E-state index contributed by atoms with van der Waals surface area (Å²) < 4.78 is 5.30. The van der Waals surface area contributed by atoms with Crippen LogP contribution in [0.4, 0.5) is 5.82 Å². The minimum Gasteiger partial charge on any atom is -0.497 e. The van der Waals surface area contributed by atoms with Crippen LogP contribution in [0.3, 0.4) is 0 Å². The van der Waals surface area contributed by atoms with Crippen LogP contribution in [0.5, 0.6) is 5.75 Å². The predicted molar refractivity (Wildman–Crippen MR) is 111 cm³/mol. The predicted octanol–water partition coefficient (Wildman–Crippen LogP) is 4.58. The molecule has 1 aromatic carbocycles. The van der Waals surface area contributed by atoms with Crippen molar-refractivity contribution in [1.29, 1.82) is 0 Å². The fourth-order valence-corrected chi connectivity index (χ4v) is 3.74. The zero-order valence-corrected chi connectivity index (χ0v) is 16.4. The van der Waals surface area contributed by atoms with Crippen molar-refractivity contribution in [3.8, 4) is 5.75 Å². The molecule has 1 fully saturated rings. The van der Waals surface area contributed by atoms with E-state index in [0.717, 1.165) is 22.6 Å². The molecule has 0 aliphatic carbocycles. The number of aromatic nitrogens is 1. The fraction of sp³-hybridized carbons (Fsp3) is 0.190. The molecular weight excluding hydrogens is 358 g/mol. The molecule has 2 aromatic rings. The third-order valence-electron chi connectivity index (χ3n) is 4.10. The summed E-state index contributed by atoms with van der Waals surface area (Å²) in [6.45, 7) is 8.01. The minimum atomic E-state index is -0.0772. The number of carbonyl (C=O) groups excluding carboxylic acids is 1. The number of hydrogen-bond acceptors (Lipinski definition) is 5. The smallest absolute Gasteiger partial charge is 0.267 e. The first kappa shape index (κ1) is 18.9. The van der Waals surface area contributed by atoms with Crippen molar-refractivity contribution in [3.63, 3.8) is 0 Å². The largest absolute Gasteiger partial charge is 0.497 e. The zero-order valence-electron chi connectivity index (χ0n) is 15.6. The molecule has 0 bridgehead atoms. The number of aliphatic imine (C=N–C) groups is 1. The van der Waals surface area contributed by atoms with Gasteiger partial charge in [0.05, 0.1) is 12.0 Å². The first-order valence-electron chi connectivity index (χ1n) is 8.51. The minimum absolute atomic E-state index is 0.0772. The Morgan fingerprint density at radius 2 is 2.11 bits per heavy atom. The Bertz CT molecular complexity index is 950. The van der Waals surface area contributed by atoms with Crippen molar-refractivity contribution in [2.45, 2.75) is 13.8 Å². The molecule has 0 saturated carbocycles. The molecule has 1 amide bonds. The highest BCUT2D eigenvalue weighted by Crippen LogP contribution is 2.38. The van der Waals surface area contributed by atoms with Crippen LogP contribution < -0.4 is 4.74 Å². The second-order valence-corrected chi connectivity index (χ2v) is 7.00. The van der Waals surface area contributed by atoms with E-state index < -0.39 is 0 Å². The average Bonchev–Trinajstić information content (AvgIpc) is 2.97. The number of amidine groups is 1. The lowest BCUT2D eigenvalue weighted by Gasteiger charge is -2.12. The Labute approximate surface area is 163 Å². The maximum absolute atomic E-state index is 13.0. The summed E-state index contributed by atoms with van der Waals surface area (Å²) in [5.74, 6) is 1.26. The van der Waals surface area contributed by atoms with Crippen molar-refractivity contribution >= 4 is 34.2 Å². The molecule has 1 aliphatic rings. The molecule has 0 radical (unpaired) electrons. The molecule has 5 nitrogen and oxygen atoms in total. The summed E-state index contributed by atoms with van der Waals surface area (Å²) >= 11 is 1.36. The highest BCUT2D eigenvalue weighted by molar-refractivity contribution is 8.18. The number of methoxy groups -OCH3 is 1. The van der Waals surface area contributed by atoms with E-state index in [4.69, 9.17) is 4.74 Å². The van der Waals surface area contributed by atoms with Gasteiger partial charge >= 0.3 is 0 Å². The van der Waals surface area contributed by atoms with Gasteiger partial charge in [0.2, 0.25) is 0 Å². The van der Waals surface area contributed by atoms with Gasteiger partial charge in [-0.15, -0.1) is 6.58 Å². The monoisotopic (exact) mass is 379 g/mol. The van der Waals surface area contributed by atoms with E-state index in [0.29, 0.717) is 22.4 Å². The molecule has 2 heterocycles. The van der Waals surface area contributed by atoms with Gasteiger partial charge in [0.25, 0.3) is 5.91 Å². The van der Waals surface area contributed by atoms with Crippen LogP contribution in [0, 0.1) is 6.92 Å². The first-order chi connectivity index (χ1) is 13.0. The van der Waals surface area contributed by atoms with Gasteiger partial charge in [-0.3, -0.25) is 9.69 Å². The van der Waals surface area contributed by atoms with E-state index in [1.54, 1.807) is 18.1 Å². The maximum Gasteiger partial charge on any atom is 0.267 e. The Balaban J connectivity index is 2.02. The van der Waals surface area contributed by atoms with Gasteiger partial charge in [-0.2, -0.15) is 0 Å². The molecule has 0 spiro atoms. The molecule has 6 heteroatoms. The zero-order chi connectivity index (χ0) is 19.4. The number of thioether (sulfide) groups is 1. The van der Waals surface area contributed by atoms with Gasteiger partial charge in [-0.1, -0.05) is 24.3 Å². The molecule has 3 rings (SSSR count). The van der Waals surface area contributed by atoms with Gasteiger partial charge in [0.15, 0.2) is 11.0 Å². The lowest BCUT2D eigenvalue weighted by Crippen LogP contribution is -2.29. The van der Waals surface area contributed by atoms with Crippen LogP contribution >= 0.6 is 11.8 Å². The van der Waals surface area contributed by atoms with Crippen LogP contribution in [0.2, 0.25) is 0 Å². The summed E-state index contributed by atoms with van der Waals surface area (Å²) in [5.41, 5.74) is 2.71. The number of carbonyl (C=O) groups is 1. The summed E-state index contributed by atoms with van der Waals surface area (Å²) in [5, 5.41) is 0.607. The van der Waals surface area contributed by atoms with Gasteiger partial charge in [-0.05, 0) is 61.0 Å². The molecule has 0 N–H and O–H groups in total. The molecule has 0 atom stereocenters. The number of aryl methyl sites for hydroxylation is 1. The number of hydrogen-bond donors (Lipinski definition) is 0. The Kier molecular flexibility index (Phi) is 5.76. The van der Waals surface area contributed by atoms with Crippen LogP contribution in [-0.4, -0.2) is 34.6 Å². The summed E-state index contributed by atoms with van der Waals surface area (Å²) in [6.07, 6.45) is 1.70. The standard InChI is InChI=1S/C21H21N3O2S/c1-5-12-24-20(25)19(15(3)16-9-7-10-17(13-16)26-4)27-21(24)23-18-11-6-8-14(2)22-18/h5-11,13H,1,12H2,2-4H3/b19-15-,23-21+. The second kappa shape index (κ2) is 8.22. The van der Waals surface area contributed by atoms with E-state index in [1.165, 1.54) is 11.8 Å². The summed E-state index contributed by atoms with van der Waals surface area (Å²) in [7, 11) is 1.63. The third-order valence-corrected chi connectivity index (χ3v) is 5.28. The Morgan fingerprint density at radius 1 is 1.33 bits per heavy atom.